The van der Waals surface area contributed by atoms with Crippen LogP contribution in [0.2, 0.25) is 0 Å². The summed E-state index contributed by atoms with van der Waals surface area (Å²) in [5.74, 6) is 0.952. The van der Waals surface area contributed by atoms with Crippen molar-refractivity contribution in [2.75, 3.05) is 26.2 Å². The highest BCUT2D eigenvalue weighted by Crippen LogP contribution is 2.29. The van der Waals surface area contributed by atoms with Crippen LogP contribution in [0.5, 0.6) is 5.75 Å². The molecule has 0 aliphatic carbocycles. The van der Waals surface area contributed by atoms with Gasteiger partial charge in [-0.2, -0.15) is 8.78 Å². The molecule has 0 spiro atoms. The second kappa shape index (κ2) is 8.28. The average molecular weight is 350 g/mol. The molecule has 0 unspecified atom stereocenters. The molecular weight excluding hydrogens is 322 g/mol. The topological polar surface area (TPSA) is 15.7 Å². The molecule has 0 radical (unpaired) electrons. The first-order chi connectivity index (χ1) is 12.0. The van der Waals surface area contributed by atoms with Gasteiger partial charge in [0.2, 0.25) is 0 Å². The molecule has 0 saturated carbocycles. The van der Waals surface area contributed by atoms with Gasteiger partial charge in [0.05, 0.1) is 0 Å². The van der Waals surface area contributed by atoms with E-state index >= 15 is 0 Å². The molecule has 3 fully saturated rings. The SMILES string of the molecule is CC(C)=CCN1C[C@@H]2CC[C@H]1CN(Cc1ccc(OC(F)F)cc1)C2. The number of benzene rings is 1. The fourth-order valence-electron chi connectivity index (χ4n) is 3.96. The fourth-order valence-corrected chi connectivity index (χ4v) is 3.96. The maximum absolute atomic E-state index is 12.2. The van der Waals surface area contributed by atoms with Crippen molar-refractivity contribution in [1.82, 2.24) is 9.80 Å². The number of ether oxygens (including phenoxy) is 1. The third-order valence-electron chi connectivity index (χ3n) is 5.19. The van der Waals surface area contributed by atoms with E-state index in [-0.39, 0.29) is 5.75 Å². The molecular formula is C20H28F2N2O. The summed E-state index contributed by atoms with van der Waals surface area (Å²) < 4.78 is 28.9. The lowest BCUT2D eigenvalue weighted by molar-refractivity contribution is -0.0498. The summed E-state index contributed by atoms with van der Waals surface area (Å²) >= 11 is 0. The van der Waals surface area contributed by atoms with Crippen molar-refractivity contribution in [3.8, 4) is 5.75 Å². The number of alkyl halides is 2. The minimum atomic E-state index is -2.76. The van der Waals surface area contributed by atoms with E-state index in [1.165, 1.54) is 25.0 Å². The van der Waals surface area contributed by atoms with Crippen LogP contribution in [0.4, 0.5) is 8.78 Å². The van der Waals surface area contributed by atoms with Gasteiger partial charge < -0.3 is 4.74 Å². The van der Waals surface area contributed by atoms with E-state index in [9.17, 15) is 8.78 Å². The molecule has 25 heavy (non-hydrogen) atoms. The molecule has 1 aromatic carbocycles. The Morgan fingerprint density at radius 1 is 1.16 bits per heavy atom. The van der Waals surface area contributed by atoms with Crippen molar-refractivity contribution in [2.45, 2.75) is 45.9 Å². The first kappa shape index (κ1) is 18.3. The number of hydrogen-bond acceptors (Lipinski definition) is 3. The summed E-state index contributed by atoms with van der Waals surface area (Å²) in [4.78, 5) is 5.15. The van der Waals surface area contributed by atoms with Gasteiger partial charge >= 0.3 is 6.61 Å². The number of allylic oxidation sites excluding steroid dienone is 1. The van der Waals surface area contributed by atoms with Crippen LogP contribution in [-0.2, 0) is 6.54 Å². The van der Waals surface area contributed by atoms with Gasteiger partial charge in [-0.15, -0.1) is 0 Å². The maximum atomic E-state index is 12.2. The summed E-state index contributed by atoms with van der Waals surface area (Å²) in [5, 5.41) is 0. The van der Waals surface area contributed by atoms with Gasteiger partial charge in [-0.05, 0) is 50.3 Å². The van der Waals surface area contributed by atoms with Crippen LogP contribution in [0.25, 0.3) is 0 Å². The van der Waals surface area contributed by atoms with Crippen molar-refractivity contribution in [1.29, 1.82) is 0 Å². The Labute approximate surface area is 149 Å². The molecule has 3 saturated heterocycles. The Bertz CT molecular complexity index is 584. The number of hydrogen-bond donors (Lipinski definition) is 0. The molecule has 3 heterocycles. The van der Waals surface area contributed by atoms with Gasteiger partial charge in [0.1, 0.15) is 5.75 Å². The molecule has 4 rings (SSSR count). The molecule has 5 heteroatoms. The van der Waals surface area contributed by atoms with E-state index in [1.54, 1.807) is 12.1 Å². The molecule has 3 nitrogen and oxygen atoms in total. The smallest absolute Gasteiger partial charge is 0.387 e. The van der Waals surface area contributed by atoms with Crippen molar-refractivity contribution in [3.05, 3.63) is 41.5 Å². The summed E-state index contributed by atoms with van der Waals surface area (Å²) in [6.07, 6.45) is 4.92. The number of piperidine rings is 1. The zero-order valence-electron chi connectivity index (χ0n) is 15.1. The largest absolute Gasteiger partial charge is 0.435 e. The monoisotopic (exact) mass is 350 g/mol. The highest BCUT2D eigenvalue weighted by atomic mass is 19.3. The Balaban J connectivity index is 1.60. The molecule has 2 bridgehead atoms. The maximum Gasteiger partial charge on any atom is 0.387 e. The van der Waals surface area contributed by atoms with E-state index in [0.29, 0.717) is 6.04 Å². The van der Waals surface area contributed by atoms with E-state index in [1.807, 2.05) is 12.1 Å². The van der Waals surface area contributed by atoms with Crippen molar-refractivity contribution in [3.63, 3.8) is 0 Å². The van der Waals surface area contributed by atoms with Crippen LogP contribution in [0.1, 0.15) is 32.3 Å². The Morgan fingerprint density at radius 2 is 1.92 bits per heavy atom. The van der Waals surface area contributed by atoms with E-state index in [2.05, 4.69) is 34.5 Å². The number of halogens is 2. The normalized spacial score (nSPS) is 24.4. The zero-order valence-corrected chi connectivity index (χ0v) is 15.1. The molecule has 0 aromatic heterocycles. The van der Waals surface area contributed by atoms with Crippen LogP contribution in [0, 0.1) is 5.92 Å². The van der Waals surface area contributed by atoms with Crippen LogP contribution in [-0.4, -0.2) is 48.6 Å². The molecule has 0 amide bonds. The van der Waals surface area contributed by atoms with E-state index in [4.69, 9.17) is 0 Å². The van der Waals surface area contributed by atoms with E-state index in [0.717, 1.165) is 37.7 Å². The van der Waals surface area contributed by atoms with Gasteiger partial charge in [-0.1, -0.05) is 23.8 Å². The standard InChI is InChI=1S/C20H28F2N2O/c1-15(2)9-10-24-13-17-3-6-18(24)14-23(12-17)11-16-4-7-19(8-5-16)25-20(21)22/h4-5,7-9,17-18,20H,3,6,10-14H2,1-2H3/t17-,18+/m1/s1. The third kappa shape index (κ3) is 5.25. The first-order valence-corrected chi connectivity index (χ1v) is 9.13. The summed E-state index contributed by atoms with van der Waals surface area (Å²) in [6, 6.07) is 7.68. The van der Waals surface area contributed by atoms with Crippen LogP contribution >= 0.6 is 0 Å². The molecule has 0 N–H and O–H groups in total. The Morgan fingerprint density at radius 3 is 2.60 bits per heavy atom. The summed E-state index contributed by atoms with van der Waals surface area (Å²) in [7, 11) is 0. The summed E-state index contributed by atoms with van der Waals surface area (Å²) in [6.45, 7) is 6.87. The van der Waals surface area contributed by atoms with Crippen LogP contribution < -0.4 is 4.74 Å². The van der Waals surface area contributed by atoms with Gasteiger partial charge in [-0.25, -0.2) is 0 Å². The lowest BCUT2D eigenvalue weighted by Crippen LogP contribution is -2.43. The predicted octanol–water partition coefficient (Wildman–Crippen LogP) is 4.15. The second-order valence-corrected chi connectivity index (χ2v) is 7.55. The quantitative estimate of drug-likeness (QED) is 0.717. The molecule has 138 valence electrons. The predicted molar refractivity (Wildman–Crippen MR) is 95.9 cm³/mol. The zero-order chi connectivity index (χ0) is 17.8. The highest BCUT2D eigenvalue weighted by molar-refractivity contribution is 5.27. The minimum Gasteiger partial charge on any atom is -0.435 e. The van der Waals surface area contributed by atoms with Crippen molar-refractivity contribution in [2.24, 2.45) is 5.92 Å². The number of fused-ring (bicyclic) bond motifs is 4. The first-order valence-electron chi connectivity index (χ1n) is 9.13. The van der Waals surface area contributed by atoms with Gasteiger partial charge in [0, 0.05) is 38.8 Å². The molecule has 2 atom stereocenters. The number of rotatable bonds is 6. The van der Waals surface area contributed by atoms with Gasteiger partial charge in [-0.3, -0.25) is 9.80 Å². The van der Waals surface area contributed by atoms with Gasteiger partial charge in [0.15, 0.2) is 0 Å². The van der Waals surface area contributed by atoms with Crippen LogP contribution in [0.15, 0.2) is 35.9 Å². The fraction of sp³-hybridized carbons (Fsp3) is 0.600. The molecule has 1 aromatic rings. The average Bonchev–Trinajstić information content (AvgIpc) is 2.84. The second-order valence-electron chi connectivity index (χ2n) is 7.55. The van der Waals surface area contributed by atoms with Crippen molar-refractivity contribution < 1.29 is 13.5 Å². The highest BCUT2D eigenvalue weighted by Gasteiger charge is 2.34. The lowest BCUT2D eigenvalue weighted by Gasteiger charge is -2.35. The van der Waals surface area contributed by atoms with Gasteiger partial charge in [0.25, 0.3) is 0 Å². The van der Waals surface area contributed by atoms with E-state index < -0.39 is 6.61 Å². The van der Waals surface area contributed by atoms with Crippen molar-refractivity contribution >= 4 is 0 Å². The third-order valence-corrected chi connectivity index (χ3v) is 5.19. The lowest BCUT2D eigenvalue weighted by atomic mass is 9.95. The van der Waals surface area contributed by atoms with Crippen LogP contribution in [0.3, 0.4) is 0 Å². The minimum absolute atomic E-state index is 0.225. The Kier molecular flexibility index (Phi) is 6.07. The number of nitrogens with zero attached hydrogens (tertiary/aromatic N) is 2. The summed E-state index contributed by atoms with van der Waals surface area (Å²) in [5.41, 5.74) is 2.53. The Hall–Kier alpha value is -1.46. The molecule has 3 aliphatic rings. The molecule has 3 aliphatic heterocycles.